The monoisotopic (exact) mass is 214 g/mol. The van der Waals surface area contributed by atoms with Crippen LogP contribution < -0.4 is 0 Å². The minimum Gasteiger partial charge on any atom is -0.0630 e. The van der Waals surface area contributed by atoms with Crippen LogP contribution in [0.2, 0.25) is 0 Å². The van der Waals surface area contributed by atoms with Gasteiger partial charge in [0.15, 0.2) is 0 Å². The summed E-state index contributed by atoms with van der Waals surface area (Å²) in [6, 6.07) is 0. The van der Waals surface area contributed by atoms with E-state index in [1.54, 1.807) is 0 Å². The van der Waals surface area contributed by atoms with Crippen molar-refractivity contribution in [3.63, 3.8) is 0 Å². The van der Waals surface area contributed by atoms with Gasteiger partial charge in [-0.3, -0.25) is 0 Å². The lowest BCUT2D eigenvalue weighted by atomic mass is 10.2. The summed E-state index contributed by atoms with van der Waals surface area (Å²) in [7, 11) is 0. The highest BCUT2D eigenvalue weighted by atomic mass is 14.0. The molecule has 0 atom stereocenters. The van der Waals surface area contributed by atoms with Gasteiger partial charge in [-0.15, -0.1) is 0 Å². The van der Waals surface area contributed by atoms with Crippen LogP contribution in [0.4, 0.5) is 0 Å². The summed E-state index contributed by atoms with van der Waals surface area (Å²) in [5.74, 6) is 1.67. The number of hydrogen-bond donors (Lipinski definition) is 0. The van der Waals surface area contributed by atoms with Crippen molar-refractivity contribution in [1.29, 1.82) is 0 Å². The van der Waals surface area contributed by atoms with Gasteiger partial charge in [0.25, 0.3) is 0 Å². The summed E-state index contributed by atoms with van der Waals surface area (Å²) in [5.41, 5.74) is 0. The quantitative estimate of drug-likeness (QED) is 0.430. The third-order valence-electron chi connectivity index (χ3n) is 1.75. The second-order valence-corrected chi connectivity index (χ2v) is 5.94. The lowest BCUT2D eigenvalue weighted by Gasteiger charge is -1.85. The molecule has 1 rings (SSSR count). The van der Waals surface area contributed by atoms with Gasteiger partial charge in [-0.25, -0.2) is 0 Å². The second kappa shape index (κ2) is 14.0. The summed E-state index contributed by atoms with van der Waals surface area (Å²) >= 11 is 0. The van der Waals surface area contributed by atoms with Crippen molar-refractivity contribution in [3.8, 4) is 0 Å². The van der Waals surface area contributed by atoms with Crippen LogP contribution in [0.15, 0.2) is 0 Å². The molecule has 0 N–H and O–H groups in total. The van der Waals surface area contributed by atoms with Crippen LogP contribution in [0, 0.1) is 11.8 Å². The largest absolute Gasteiger partial charge is 0.0630 e. The molecular weight excluding hydrogens is 180 g/mol. The molecule has 1 aliphatic carbocycles. The highest BCUT2D eigenvalue weighted by Crippen LogP contribution is 2.15. The van der Waals surface area contributed by atoms with Gasteiger partial charge in [-0.05, 0) is 11.8 Å². The molecule has 1 aliphatic rings. The van der Waals surface area contributed by atoms with Crippen LogP contribution >= 0.6 is 0 Å². The van der Waals surface area contributed by atoms with Crippen LogP contribution in [-0.4, -0.2) is 0 Å². The molecule has 0 bridgehead atoms. The summed E-state index contributed by atoms with van der Waals surface area (Å²) < 4.78 is 0. The Balaban J connectivity index is 0. The van der Waals surface area contributed by atoms with Gasteiger partial charge in [-0.2, -0.15) is 0 Å². The zero-order chi connectivity index (χ0) is 12.1. The molecule has 0 aliphatic heterocycles. The molecule has 0 nitrogen and oxygen atoms in total. The van der Waals surface area contributed by atoms with Crippen molar-refractivity contribution < 1.29 is 0 Å². The molecule has 94 valence electrons. The third-order valence-corrected chi connectivity index (χ3v) is 1.75. The predicted octanol–water partition coefficient (Wildman–Crippen LogP) is 6.06. The fourth-order valence-corrected chi connectivity index (χ4v) is 1.24. The van der Waals surface area contributed by atoms with Crippen molar-refractivity contribution in [2.45, 2.75) is 86.5 Å². The molecule has 0 aromatic rings. The maximum Gasteiger partial charge on any atom is -0.0500 e. The van der Waals surface area contributed by atoms with Crippen molar-refractivity contribution in [2.24, 2.45) is 11.8 Å². The molecule has 1 saturated carbocycles. The van der Waals surface area contributed by atoms with E-state index in [2.05, 4.69) is 41.5 Å². The van der Waals surface area contributed by atoms with Crippen LogP contribution in [-0.2, 0) is 0 Å². The van der Waals surface area contributed by atoms with Crippen LogP contribution in [0.5, 0.6) is 0 Å². The van der Waals surface area contributed by atoms with Gasteiger partial charge in [0.2, 0.25) is 0 Å². The number of rotatable bonds is 0. The Hall–Kier alpha value is 0. The first-order valence-corrected chi connectivity index (χ1v) is 6.96. The normalized spacial score (nSPS) is 16.0. The fraction of sp³-hybridized carbons (Fsp3) is 1.00. The first-order chi connectivity index (χ1) is 6.96. The van der Waals surface area contributed by atoms with E-state index in [-0.39, 0.29) is 0 Å². The van der Waals surface area contributed by atoms with Crippen LogP contribution in [0.25, 0.3) is 0 Å². The first-order valence-electron chi connectivity index (χ1n) is 6.96. The molecule has 0 radical (unpaired) electrons. The topological polar surface area (TPSA) is 0 Å². The third kappa shape index (κ3) is 41.1. The van der Waals surface area contributed by atoms with E-state index in [0.29, 0.717) is 0 Å². The second-order valence-electron chi connectivity index (χ2n) is 5.94. The highest BCUT2D eigenvalue weighted by molar-refractivity contribution is 4.51. The molecule has 0 heteroatoms. The minimum absolute atomic E-state index is 0.833. The molecule has 0 aromatic carbocycles. The van der Waals surface area contributed by atoms with E-state index in [1.165, 1.54) is 44.9 Å². The smallest absolute Gasteiger partial charge is 0.0500 e. The maximum absolute atomic E-state index is 2.17. The van der Waals surface area contributed by atoms with Crippen molar-refractivity contribution in [1.82, 2.24) is 0 Å². The Kier molecular flexibility index (Phi) is 16.2. The van der Waals surface area contributed by atoms with E-state index in [4.69, 9.17) is 0 Å². The summed E-state index contributed by atoms with van der Waals surface area (Å²) in [6.07, 6.45) is 10.5. The lowest BCUT2D eigenvalue weighted by Crippen LogP contribution is -1.66. The van der Waals surface area contributed by atoms with Gasteiger partial charge in [0.05, 0.1) is 0 Å². The zero-order valence-electron chi connectivity index (χ0n) is 12.1. The minimum atomic E-state index is 0.833. The molecule has 0 unspecified atom stereocenters. The summed E-state index contributed by atoms with van der Waals surface area (Å²) in [5, 5.41) is 0. The highest BCUT2D eigenvalue weighted by Gasteiger charge is 1.95. The van der Waals surface area contributed by atoms with Gasteiger partial charge in [0.1, 0.15) is 0 Å². The lowest BCUT2D eigenvalue weighted by molar-refractivity contribution is 0.702. The first kappa shape index (κ1) is 17.4. The molecule has 15 heavy (non-hydrogen) atoms. The molecule has 0 aromatic heterocycles. The van der Waals surface area contributed by atoms with Crippen molar-refractivity contribution in [3.05, 3.63) is 0 Å². The summed E-state index contributed by atoms with van der Waals surface area (Å²) in [6.45, 7) is 13.0. The molecule has 0 saturated heterocycles. The Labute approximate surface area is 98.9 Å². The molecule has 1 fully saturated rings. The Bertz CT molecular complexity index is 61.1. The average molecular weight is 214 g/mol. The molecule has 0 amide bonds. The van der Waals surface area contributed by atoms with Crippen molar-refractivity contribution >= 4 is 0 Å². The number of hydrogen-bond acceptors (Lipinski definition) is 0. The fourth-order valence-electron chi connectivity index (χ4n) is 1.24. The van der Waals surface area contributed by atoms with Gasteiger partial charge in [-0.1, -0.05) is 86.5 Å². The predicted molar refractivity (Wildman–Crippen MR) is 73.3 cm³/mol. The van der Waals surface area contributed by atoms with Gasteiger partial charge >= 0.3 is 0 Å². The van der Waals surface area contributed by atoms with Gasteiger partial charge in [0, 0.05) is 0 Å². The standard InChI is InChI=1S/C7H14.2C4H10/c1-2-4-6-7-5-3-1;2*1-4(2)3/h1-7H2;2*4H,1-3H3. The van der Waals surface area contributed by atoms with E-state index < -0.39 is 0 Å². The molecule has 0 spiro atoms. The zero-order valence-corrected chi connectivity index (χ0v) is 12.1. The van der Waals surface area contributed by atoms with E-state index in [9.17, 15) is 0 Å². The van der Waals surface area contributed by atoms with E-state index in [0.717, 1.165) is 11.8 Å². The maximum atomic E-state index is 2.17. The van der Waals surface area contributed by atoms with Crippen molar-refractivity contribution in [2.75, 3.05) is 0 Å². The SMILES string of the molecule is C1CCCCCC1.CC(C)C.CC(C)C. The van der Waals surface area contributed by atoms with Gasteiger partial charge < -0.3 is 0 Å². The Morgan fingerprint density at radius 1 is 0.400 bits per heavy atom. The Morgan fingerprint density at radius 3 is 0.533 bits per heavy atom. The van der Waals surface area contributed by atoms with E-state index in [1.807, 2.05) is 0 Å². The van der Waals surface area contributed by atoms with Crippen LogP contribution in [0.3, 0.4) is 0 Å². The summed E-state index contributed by atoms with van der Waals surface area (Å²) in [4.78, 5) is 0. The van der Waals surface area contributed by atoms with Crippen LogP contribution in [0.1, 0.15) is 86.5 Å². The molecular formula is C15H34. The van der Waals surface area contributed by atoms with E-state index >= 15 is 0 Å². The Morgan fingerprint density at radius 2 is 0.467 bits per heavy atom. The molecule has 0 heterocycles. The average Bonchev–Trinajstić information content (AvgIpc) is 2.31.